The number of ether oxygens (including phenoxy) is 2. The van der Waals surface area contributed by atoms with Gasteiger partial charge in [0.2, 0.25) is 35.4 Å². The Labute approximate surface area is 438 Å². The van der Waals surface area contributed by atoms with Gasteiger partial charge in [0.25, 0.3) is 0 Å². The first kappa shape index (κ1) is 56.8. The summed E-state index contributed by atoms with van der Waals surface area (Å²) in [6.07, 6.45) is 1.20. The number of benzene rings is 2. The first-order valence-electron chi connectivity index (χ1n) is 25.1. The standard InChI is InChI=1S/C53H76N8O10S2/c1-30(58(13)48(68)70-50(3,4)5)42(62)56-36-23-25-72-38-28-52(9,10)40(60(38)46(36)66)44(64)54-34-19-15-32(16-20-34)27-33-17-21-35(22-18-33)55-45(65)41-53(11,12)29-39-61(41)47(67)37(24-26-73-39)57-43(63)31(2)59(14)49(69)71-51(6,7)8/h15-22,30-31,36-41H,23-29H2,1-14H3,(H,54,64)(H,55,65)(H,56,62)(H,57,63)/t30-,31-,36-,37-,38-,39-,40+,41+/m0/s1. The first-order valence-corrected chi connectivity index (χ1v) is 27.2. The van der Waals surface area contributed by atoms with Gasteiger partial charge in [0, 0.05) is 25.5 Å². The van der Waals surface area contributed by atoms with Crippen LogP contribution in [-0.4, -0.2) is 151 Å². The number of hydrogen-bond donors (Lipinski definition) is 4. The average molecular weight is 1050 g/mol. The fourth-order valence-electron chi connectivity index (χ4n) is 9.69. The lowest BCUT2D eigenvalue weighted by atomic mass is 9.84. The maximum absolute atomic E-state index is 14.3. The largest absolute Gasteiger partial charge is 0.444 e. The van der Waals surface area contributed by atoms with Crippen molar-refractivity contribution in [1.29, 1.82) is 0 Å². The lowest BCUT2D eigenvalue weighted by Gasteiger charge is -2.34. The van der Waals surface area contributed by atoms with Gasteiger partial charge in [-0.1, -0.05) is 52.0 Å². The Kier molecular flexibility index (Phi) is 17.2. The van der Waals surface area contributed by atoms with Crippen LogP contribution in [0.5, 0.6) is 0 Å². The smallest absolute Gasteiger partial charge is 0.410 e. The number of rotatable bonds is 12. The van der Waals surface area contributed by atoms with Crippen LogP contribution in [0.15, 0.2) is 48.5 Å². The van der Waals surface area contributed by atoms with Crippen molar-refractivity contribution >= 4 is 82.5 Å². The molecule has 73 heavy (non-hydrogen) atoms. The summed E-state index contributed by atoms with van der Waals surface area (Å²) in [6.45, 7) is 21.5. The van der Waals surface area contributed by atoms with Crippen molar-refractivity contribution in [2.24, 2.45) is 10.8 Å². The molecule has 4 fully saturated rings. The molecule has 20 heteroatoms. The fraction of sp³-hybridized carbons (Fsp3) is 0.623. The Hall–Kier alpha value is -5.50. The summed E-state index contributed by atoms with van der Waals surface area (Å²) in [5.41, 5.74) is 0.463. The molecule has 18 nitrogen and oxygen atoms in total. The molecule has 4 saturated heterocycles. The minimum Gasteiger partial charge on any atom is -0.444 e. The van der Waals surface area contributed by atoms with E-state index in [1.807, 2.05) is 76.2 Å². The van der Waals surface area contributed by atoms with E-state index in [2.05, 4.69) is 21.3 Å². The van der Waals surface area contributed by atoms with Crippen molar-refractivity contribution in [2.75, 3.05) is 36.2 Å². The van der Waals surface area contributed by atoms with Gasteiger partial charge in [0.1, 0.15) is 47.5 Å². The zero-order valence-electron chi connectivity index (χ0n) is 44.9. The third-order valence-corrected chi connectivity index (χ3v) is 16.4. The van der Waals surface area contributed by atoms with Crippen LogP contribution in [0.2, 0.25) is 0 Å². The minimum absolute atomic E-state index is 0.250. The average Bonchev–Trinajstić information content (AvgIpc) is 3.61. The number of thioether (sulfide) groups is 2. The predicted octanol–water partition coefficient (Wildman–Crippen LogP) is 6.82. The first-order chi connectivity index (χ1) is 33.9. The molecule has 0 aliphatic carbocycles. The van der Waals surface area contributed by atoms with Crippen LogP contribution in [0.1, 0.15) is 120 Å². The number of fused-ring (bicyclic) bond motifs is 2. The molecular weight excluding hydrogens is 973 g/mol. The molecule has 2 aromatic carbocycles. The molecule has 4 aliphatic rings. The second-order valence-corrected chi connectivity index (χ2v) is 25.7. The van der Waals surface area contributed by atoms with E-state index in [1.54, 1.807) is 88.7 Å². The summed E-state index contributed by atoms with van der Waals surface area (Å²) >= 11 is 3.19. The molecule has 400 valence electrons. The van der Waals surface area contributed by atoms with E-state index in [1.165, 1.54) is 23.9 Å². The molecule has 0 unspecified atom stereocenters. The van der Waals surface area contributed by atoms with Crippen molar-refractivity contribution in [3.8, 4) is 0 Å². The highest BCUT2D eigenvalue weighted by Crippen LogP contribution is 2.48. The summed E-state index contributed by atoms with van der Waals surface area (Å²) in [5.74, 6) is -1.12. The Balaban J connectivity index is 1.05. The van der Waals surface area contributed by atoms with Gasteiger partial charge in [-0.25, -0.2) is 9.59 Å². The molecule has 0 saturated carbocycles. The van der Waals surface area contributed by atoms with Crippen LogP contribution in [0.4, 0.5) is 21.0 Å². The van der Waals surface area contributed by atoms with Gasteiger partial charge in [-0.3, -0.25) is 38.6 Å². The predicted molar refractivity (Wildman–Crippen MR) is 284 cm³/mol. The zero-order chi connectivity index (χ0) is 54.1. The van der Waals surface area contributed by atoms with E-state index in [4.69, 9.17) is 9.47 Å². The quantitative estimate of drug-likeness (QED) is 0.172. The highest BCUT2D eigenvalue weighted by atomic mass is 32.2. The highest BCUT2D eigenvalue weighted by molar-refractivity contribution is 8.00. The number of nitrogens with zero attached hydrogens (tertiary/aromatic N) is 4. The zero-order valence-corrected chi connectivity index (χ0v) is 46.5. The molecule has 0 bridgehead atoms. The molecule has 4 heterocycles. The molecule has 0 radical (unpaired) electrons. The monoisotopic (exact) mass is 1050 g/mol. The van der Waals surface area contributed by atoms with Gasteiger partial charge in [-0.15, -0.1) is 23.5 Å². The summed E-state index contributed by atoms with van der Waals surface area (Å²) in [6, 6.07) is 9.80. The Bertz CT molecular complexity index is 2260. The number of likely N-dealkylation sites (N-methyl/N-ethyl adjacent to an activating group) is 2. The molecule has 2 aromatic rings. The van der Waals surface area contributed by atoms with Gasteiger partial charge >= 0.3 is 12.2 Å². The van der Waals surface area contributed by atoms with Gasteiger partial charge in [0.15, 0.2) is 0 Å². The molecule has 6 rings (SSSR count). The Morgan fingerprint density at radius 2 is 0.945 bits per heavy atom. The van der Waals surface area contributed by atoms with Crippen LogP contribution in [0.25, 0.3) is 0 Å². The van der Waals surface area contributed by atoms with Crippen LogP contribution >= 0.6 is 23.5 Å². The Morgan fingerprint density at radius 3 is 1.26 bits per heavy atom. The van der Waals surface area contributed by atoms with Gasteiger partial charge in [-0.05, 0) is 145 Å². The Morgan fingerprint density at radius 1 is 0.616 bits per heavy atom. The number of carbonyl (C=O) groups is 8. The third kappa shape index (κ3) is 13.6. The number of nitrogens with one attached hydrogen (secondary N) is 4. The molecule has 4 aliphatic heterocycles. The number of anilines is 2. The number of carbonyl (C=O) groups excluding carboxylic acids is 8. The van der Waals surface area contributed by atoms with Crippen molar-refractivity contribution in [3.05, 3.63) is 59.7 Å². The van der Waals surface area contributed by atoms with E-state index in [9.17, 15) is 38.4 Å². The summed E-state index contributed by atoms with van der Waals surface area (Å²) < 4.78 is 10.9. The van der Waals surface area contributed by atoms with Gasteiger partial charge in [0.05, 0.1) is 10.7 Å². The molecule has 4 N–H and O–H groups in total. The molecule has 8 amide bonds. The molecule has 8 atom stereocenters. The normalized spacial score (nSPS) is 24.4. The maximum Gasteiger partial charge on any atom is 0.410 e. The van der Waals surface area contributed by atoms with Crippen LogP contribution in [-0.2, 0) is 44.7 Å². The molecule has 0 aromatic heterocycles. The maximum atomic E-state index is 14.3. The second-order valence-electron chi connectivity index (χ2n) is 23.1. The summed E-state index contributed by atoms with van der Waals surface area (Å²) in [5, 5.41) is 11.3. The van der Waals surface area contributed by atoms with Crippen LogP contribution < -0.4 is 21.3 Å². The summed E-state index contributed by atoms with van der Waals surface area (Å²) in [4.78, 5) is 115. The van der Waals surface area contributed by atoms with E-state index < -0.39 is 82.3 Å². The lowest BCUT2D eigenvalue weighted by Crippen LogP contribution is -2.57. The van der Waals surface area contributed by atoms with E-state index in [-0.39, 0.29) is 34.4 Å². The van der Waals surface area contributed by atoms with E-state index in [0.29, 0.717) is 55.0 Å². The minimum atomic E-state index is -0.909. The summed E-state index contributed by atoms with van der Waals surface area (Å²) in [7, 11) is 2.95. The van der Waals surface area contributed by atoms with E-state index >= 15 is 0 Å². The van der Waals surface area contributed by atoms with Crippen molar-refractivity contribution in [2.45, 2.75) is 173 Å². The van der Waals surface area contributed by atoms with Crippen molar-refractivity contribution < 1.29 is 47.8 Å². The van der Waals surface area contributed by atoms with Gasteiger partial charge in [-0.2, -0.15) is 0 Å². The van der Waals surface area contributed by atoms with Crippen LogP contribution in [0, 0.1) is 10.8 Å². The second kappa shape index (κ2) is 22.1. The lowest BCUT2D eigenvalue weighted by molar-refractivity contribution is -0.142. The van der Waals surface area contributed by atoms with E-state index in [0.717, 1.165) is 11.1 Å². The third-order valence-electron chi connectivity index (χ3n) is 13.9. The van der Waals surface area contributed by atoms with Gasteiger partial charge < -0.3 is 40.5 Å². The van der Waals surface area contributed by atoms with Crippen molar-refractivity contribution in [3.63, 3.8) is 0 Å². The van der Waals surface area contributed by atoms with Crippen molar-refractivity contribution in [1.82, 2.24) is 30.2 Å². The number of amides is 8. The molecule has 0 spiro atoms. The highest BCUT2D eigenvalue weighted by Gasteiger charge is 2.56. The topological polar surface area (TPSA) is 216 Å². The number of hydrogen-bond acceptors (Lipinski definition) is 12. The van der Waals surface area contributed by atoms with Crippen LogP contribution in [0.3, 0.4) is 0 Å². The fourth-order valence-corrected chi connectivity index (χ4v) is 12.8. The molecular formula is C53H76N8O10S2. The SMILES string of the molecule is C[C@@H](C(=O)N[C@H]1CCS[C@H]2CC(C)(C)[C@@H](C(=O)Nc3ccc(Cc4ccc(NC(=O)[C@H]5N6C(=O)[C@@H](NC(=O)[C@H](C)N(C)C(=O)OC(C)(C)C)CCS[C@H]6CC5(C)C)cc4)cc3)N2C1=O)N(C)C(=O)OC(C)(C)C.